The van der Waals surface area contributed by atoms with Gasteiger partial charge in [-0.05, 0) is 27.7 Å². The molecule has 1 saturated heterocycles. The number of rotatable bonds is 3. The molecule has 1 aliphatic rings. The van der Waals surface area contributed by atoms with E-state index in [1.807, 2.05) is 27.7 Å². The quantitative estimate of drug-likeness (QED) is 0.772. The number of morpholine rings is 1. The lowest BCUT2D eigenvalue weighted by Crippen LogP contribution is -2.57. The monoisotopic (exact) mass is 215 g/mol. The topological polar surface area (TPSA) is 49.8 Å². The Balaban J connectivity index is 2.55. The van der Waals surface area contributed by atoms with Crippen LogP contribution in [-0.4, -0.2) is 46.8 Å². The molecule has 1 N–H and O–H groups in total. The molecule has 0 bridgehead atoms. The van der Waals surface area contributed by atoms with E-state index in [1.165, 1.54) is 0 Å². The largest absolute Gasteiger partial charge is 0.481 e. The Hall–Kier alpha value is -0.610. The SMILES string of the molecule is CC1(C)CN(CCC(=O)O)CC(C)(C)O1. The fraction of sp³-hybridized carbons (Fsp3) is 0.909. The van der Waals surface area contributed by atoms with E-state index in [9.17, 15) is 4.79 Å². The standard InChI is InChI=1S/C11H21NO3/c1-10(2)7-12(6-5-9(13)14)8-11(3,4)15-10/h5-8H2,1-4H3,(H,13,14). The zero-order chi connectivity index (χ0) is 11.7. The van der Waals surface area contributed by atoms with E-state index in [2.05, 4.69) is 4.90 Å². The molecule has 0 aromatic heterocycles. The maximum atomic E-state index is 10.5. The van der Waals surface area contributed by atoms with Gasteiger partial charge >= 0.3 is 5.97 Å². The molecule has 0 radical (unpaired) electrons. The van der Waals surface area contributed by atoms with E-state index < -0.39 is 5.97 Å². The van der Waals surface area contributed by atoms with E-state index in [0.29, 0.717) is 6.54 Å². The Morgan fingerprint density at radius 2 is 1.73 bits per heavy atom. The van der Waals surface area contributed by atoms with Crippen molar-refractivity contribution in [1.29, 1.82) is 0 Å². The zero-order valence-electron chi connectivity index (χ0n) is 10.0. The predicted octanol–water partition coefficient (Wildman–Crippen LogP) is 1.35. The summed E-state index contributed by atoms with van der Waals surface area (Å²) in [6.45, 7) is 10.4. The summed E-state index contributed by atoms with van der Waals surface area (Å²) in [5.41, 5.74) is -0.388. The maximum Gasteiger partial charge on any atom is 0.304 e. The average Bonchev–Trinajstić information content (AvgIpc) is 1.94. The van der Waals surface area contributed by atoms with Crippen molar-refractivity contribution in [2.45, 2.75) is 45.3 Å². The fourth-order valence-corrected chi connectivity index (χ4v) is 2.36. The van der Waals surface area contributed by atoms with Gasteiger partial charge in [-0.15, -0.1) is 0 Å². The summed E-state index contributed by atoms with van der Waals surface area (Å²) in [5.74, 6) is -0.739. The third-order valence-corrected chi connectivity index (χ3v) is 2.40. The van der Waals surface area contributed by atoms with Crippen LogP contribution in [0, 0.1) is 0 Å². The Morgan fingerprint density at radius 3 is 2.13 bits per heavy atom. The molecule has 0 amide bonds. The zero-order valence-corrected chi connectivity index (χ0v) is 10.0. The van der Waals surface area contributed by atoms with Crippen LogP contribution in [0.1, 0.15) is 34.1 Å². The van der Waals surface area contributed by atoms with Gasteiger partial charge in [0, 0.05) is 19.6 Å². The summed E-state index contributed by atoms with van der Waals surface area (Å²) >= 11 is 0. The highest BCUT2D eigenvalue weighted by molar-refractivity contribution is 5.66. The first-order valence-corrected chi connectivity index (χ1v) is 5.35. The van der Waals surface area contributed by atoms with Gasteiger partial charge in [-0.25, -0.2) is 0 Å². The van der Waals surface area contributed by atoms with Crippen LogP contribution in [0.3, 0.4) is 0 Å². The van der Waals surface area contributed by atoms with E-state index in [1.54, 1.807) is 0 Å². The first-order chi connectivity index (χ1) is 6.70. The molecule has 1 heterocycles. The lowest BCUT2D eigenvalue weighted by molar-refractivity contribution is -0.181. The van der Waals surface area contributed by atoms with Gasteiger partial charge < -0.3 is 9.84 Å². The molecule has 0 atom stereocenters. The Labute approximate surface area is 91.2 Å². The van der Waals surface area contributed by atoms with Crippen molar-refractivity contribution in [3.05, 3.63) is 0 Å². The van der Waals surface area contributed by atoms with Crippen molar-refractivity contribution in [2.24, 2.45) is 0 Å². The molecule has 0 aromatic carbocycles. The van der Waals surface area contributed by atoms with Crippen LogP contribution >= 0.6 is 0 Å². The molecular weight excluding hydrogens is 194 g/mol. The van der Waals surface area contributed by atoms with Crippen molar-refractivity contribution in [3.63, 3.8) is 0 Å². The Bertz CT molecular complexity index is 232. The van der Waals surface area contributed by atoms with Crippen LogP contribution in [0.15, 0.2) is 0 Å². The number of carbonyl (C=O) groups is 1. The predicted molar refractivity (Wildman–Crippen MR) is 57.9 cm³/mol. The highest BCUT2D eigenvalue weighted by Gasteiger charge is 2.37. The molecule has 88 valence electrons. The summed E-state index contributed by atoms with van der Waals surface area (Å²) in [4.78, 5) is 12.7. The lowest BCUT2D eigenvalue weighted by atomic mass is 9.99. The van der Waals surface area contributed by atoms with Gasteiger partial charge in [0.2, 0.25) is 0 Å². The van der Waals surface area contributed by atoms with Crippen LogP contribution in [0.2, 0.25) is 0 Å². The highest BCUT2D eigenvalue weighted by atomic mass is 16.5. The van der Waals surface area contributed by atoms with Crippen LogP contribution in [-0.2, 0) is 9.53 Å². The third kappa shape index (κ3) is 4.18. The van der Waals surface area contributed by atoms with Gasteiger partial charge in [-0.2, -0.15) is 0 Å². The Morgan fingerprint density at radius 1 is 1.27 bits per heavy atom. The summed E-state index contributed by atoms with van der Waals surface area (Å²) < 4.78 is 5.91. The summed E-state index contributed by atoms with van der Waals surface area (Å²) in [7, 11) is 0. The molecule has 1 fully saturated rings. The van der Waals surface area contributed by atoms with Gasteiger partial charge in [0.05, 0.1) is 17.6 Å². The van der Waals surface area contributed by atoms with Crippen molar-refractivity contribution in [3.8, 4) is 0 Å². The molecule has 0 aliphatic carbocycles. The van der Waals surface area contributed by atoms with Crippen molar-refractivity contribution in [1.82, 2.24) is 4.90 Å². The number of ether oxygens (including phenoxy) is 1. The first kappa shape index (κ1) is 12.5. The minimum atomic E-state index is -0.739. The van der Waals surface area contributed by atoms with Gasteiger partial charge in [0.1, 0.15) is 0 Å². The molecule has 0 spiro atoms. The summed E-state index contributed by atoms with van der Waals surface area (Å²) in [6.07, 6.45) is 0.201. The molecule has 15 heavy (non-hydrogen) atoms. The molecule has 0 aromatic rings. The second-order valence-electron chi connectivity index (χ2n) is 5.48. The average molecular weight is 215 g/mol. The Kier molecular flexibility index (Phi) is 3.41. The van der Waals surface area contributed by atoms with E-state index in [-0.39, 0.29) is 17.6 Å². The molecule has 4 nitrogen and oxygen atoms in total. The van der Waals surface area contributed by atoms with Crippen LogP contribution in [0.5, 0.6) is 0 Å². The summed E-state index contributed by atoms with van der Waals surface area (Å²) in [5, 5.41) is 8.65. The summed E-state index contributed by atoms with van der Waals surface area (Å²) in [6, 6.07) is 0. The van der Waals surface area contributed by atoms with Gasteiger partial charge in [0.25, 0.3) is 0 Å². The molecule has 0 unspecified atom stereocenters. The van der Waals surface area contributed by atoms with Crippen molar-refractivity contribution >= 4 is 5.97 Å². The number of nitrogens with zero attached hydrogens (tertiary/aromatic N) is 1. The lowest BCUT2D eigenvalue weighted by Gasteiger charge is -2.47. The van der Waals surface area contributed by atoms with E-state index >= 15 is 0 Å². The minimum absolute atomic E-state index is 0.194. The molecule has 1 aliphatic heterocycles. The minimum Gasteiger partial charge on any atom is -0.481 e. The third-order valence-electron chi connectivity index (χ3n) is 2.40. The second-order valence-corrected chi connectivity index (χ2v) is 5.48. The van der Waals surface area contributed by atoms with Crippen LogP contribution < -0.4 is 0 Å². The van der Waals surface area contributed by atoms with Gasteiger partial charge in [-0.3, -0.25) is 9.69 Å². The highest BCUT2D eigenvalue weighted by Crippen LogP contribution is 2.27. The number of aliphatic carboxylic acids is 1. The normalized spacial score (nSPS) is 25.1. The smallest absolute Gasteiger partial charge is 0.304 e. The molecule has 4 heteroatoms. The van der Waals surface area contributed by atoms with Gasteiger partial charge in [-0.1, -0.05) is 0 Å². The molecule has 1 rings (SSSR count). The van der Waals surface area contributed by atoms with E-state index in [4.69, 9.17) is 9.84 Å². The number of carboxylic acid groups (broad SMARTS) is 1. The number of carboxylic acids is 1. The maximum absolute atomic E-state index is 10.5. The van der Waals surface area contributed by atoms with Crippen LogP contribution in [0.25, 0.3) is 0 Å². The second kappa shape index (κ2) is 4.10. The van der Waals surface area contributed by atoms with Crippen molar-refractivity contribution < 1.29 is 14.6 Å². The van der Waals surface area contributed by atoms with Crippen LogP contribution in [0.4, 0.5) is 0 Å². The van der Waals surface area contributed by atoms with Crippen molar-refractivity contribution in [2.75, 3.05) is 19.6 Å². The van der Waals surface area contributed by atoms with E-state index in [0.717, 1.165) is 13.1 Å². The first-order valence-electron chi connectivity index (χ1n) is 5.35. The molecule has 0 saturated carbocycles. The molecular formula is C11H21NO3. The number of hydrogen-bond acceptors (Lipinski definition) is 3. The fourth-order valence-electron chi connectivity index (χ4n) is 2.36. The number of hydrogen-bond donors (Lipinski definition) is 1. The van der Waals surface area contributed by atoms with Gasteiger partial charge in [0.15, 0.2) is 0 Å².